The molecule has 1 saturated heterocycles. The Morgan fingerprint density at radius 2 is 1.90 bits per heavy atom. The number of nitrogens with zero attached hydrogens (tertiary/aromatic N) is 3. The molecule has 3 heterocycles. The van der Waals surface area contributed by atoms with Crippen LogP contribution in [0.3, 0.4) is 0 Å². The predicted molar refractivity (Wildman–Crippen MR) is 106 cm³/mol. The van der Waals surface area contributed by atoms with Gasteiger partial charge in [-0.2, -0.15) is 13.2 Å². The monoisotopic (exact) mass is 445 g/mol. The molecule has 1 aliphatic heterocycles. The van der Waals surface area contributed by atoms with E-state index in [0.29, 0.717) is 38.6 Å². The van der Waals surface area contributed by atoms with E-state index in [1.807, 2.05) is 0 Å². The summed E-state index contributed by atoms with van der Waals surface area (Å²) in [5.74, 6) is -0.450. The lowest BCUT2D eigenvalue weighted by atomic mass is 9.93. The fourth-order valence-electron chi connectivity index (χ4n) is 4.68. The third kappa shape index (κ3) is 3.95. The summed E-state index contributed by atoms with van der Waals surface area (Å²) in [4.78, 5) is 4.16. The summed E-state index contributed by atoms with van der Waals surface area (Å²) in [6, 6.07) is 1.04. The average Bonchev–Trinajstić information content (AvgIpc) is 3.17. The number of hydrogen-bond acceptors (Lipinski definition) is 5. The molecule has 0 aromatic carbocycles. The van der Waals surface area contributed by atoms with Crippen LogP contribution in [-0.2, 0) is 22.6 Å². The fourth-order valence-corrected chi connectivity index (χ4v) is 6.80. The molecule has 1 saturated carbocycles. The summed E-state index contributed by atoms with van der Waals surface area (Å²) in [5, 5.41) is 3.41. The van der Waals surface area contributed by atoms with Crippen LogP contribution in [0.4, 0.5) is 13.2 Å². The largest absolute Gasteiger partial charge is 0.417 e. The third-order valence-corrected chi connectivity index (χ3v) is 8.66. The van der Waals surface area contributed by atoms with E-state index < -0.39 is 32.9 Å². The molecule has 0 spiro atoms. The van der Waals surface area contributed by atoms with Gasteiger partial charge in [0.2, 0.25) is 10.0 Å². The molecule has 2 aromatic heterocycles. The lowest BCUT2D eigenvalue weighted by Gasteiger charge is -2.35. The van der Waals surface area contributed by atoms with Gasteiger partial charge in [-0.15, -0.1) is 0 Å². The van der Waals surface area contributed by atoms with Crippen LogP contribution in [0, 0.1) is 0 Å². The van der Waals surface area contributed by atoms with E-state index in [9.17, 15) is 21.6 Å². The van der Waals surface area contributed by atoms with Crippen LogP contribution < -0.4 is 0 Å². The molecule has 0 radical (unpaired) electrons. The predicted octanol–water partition coefficient (Wildman–Crippen LogP) is 4.65. The van der Waals surface area contributed by atoms with Crippen molar-refractivity contribution >= 4 is 21.1 Å². The maximum absolute atomic E-state index is 13.8. The van der Waals surface area contributed by atoms with Crippen molar-refractivity contribution < 1.29 is 26.1 Å². The highest BCUT2D eigenvalue weighted by Crippen LogP contribution is 2.41. The number of rotatable bonds is 4. The Balaban J connectivity index is 1.69. The van der Waals surface area contributed by atoms with Crippen molar-refractivity contribution in [3.05, 3.63) is 23.0 Å². The smallest absolute Gasteiger partial charge is 0.336 e. The molecule has 0 amide bonds. The van der Waals surface area contributed by atoms with Crippen LogP contribution >= 0.6 is 0 Å². The molecule has 10 heteroatoms. The minimum Gasteiger partial charge on any atom is -0.336 e. The van der Waals surface area contributed by atoms with Gasteiger partial charge < -0.3 is 4.52 Å². The van der Waals surface area contributed by atoms with Gasteiger partial charge in [0, 0.05) is 24.7 Å². The minimum absolute atomic E-state index is 0.132. The van der Waals surface area contributed by atoms with Gasteiger partial charge in [-0.05, 0) is 38.2 Å². The number of alkyl halides is 3. The Morgan fingerprint density at radius 1 is 1.17 bits per heavy atom. The molecule has 1 unspecified atom stereocenters. The molecule has 0 bridgehead atoms. The summed E-state index contributed by atoms with van der Waals surface area (Å²) in [6.07, 6.45) is 1.05. The summed E-state index contributed by atoms with van der Waals surface area (Å²) in [6.45, 7) is 2.25. The zero-order valence-corrected chi connectivity index (χ0v) is 17.7. The standard InChI is InChI=1S/C20H26F3N3O3S/c1-2-14-11-16(20(21,22)23)17-18(25-29-19(17)24-14)13-7-6-10-26(12-13)30(27,28)15-8-4-3-5-9-15/h11,13,15H,2-10,12H2,1H3. The van der Waals surface area contributed by atoms with E-state index in [0.717, 1.165) is 25.3 Å². The van der Waals surface area contributed by atoms with Crippen LogP contribution in [0.1, 0.15) is 74.7 Å². The van der Waals surface area contributed by atoms with Gasteiger partial charge in [-0.3, -0.25) is 0 Å². The summed E-state index contributed by atoms with van der Waals surface area (Å²) < 4.78 is 74.2. The highest BCUT2D eigenvalue weighted by atomic mass is 32.2. The van der Waals surface area contributed by atoms with Crippen LogP contribution in [0.2, 0.25) is 0 Å². The van der Waals surface area contributed by atoms with Crippen molar-refractivity contribution in [1.29, 1.82) is 0 Å². The number of halogens is 3. The minimum atomic E-state index is -4.58. The van der Waals surface area contributed by atoms with Gasteiger partial charge in [0.1, 0.15) is 0 Å². The Morgan fingerprint density at radius 3 is 2.57 bits per heavy atom. The number of hydrogen-bond donors (Lipinski definition) is 0. The Hall–Kier alpha value is -1.68. The maximum atomic E-state index is 13.8. The molecule has 1 aliphatic carbocycles. The molecular weight excluding hydrogens is 419 g/mol. The second-order valence-corrected chi connectivity index (χ2v) is 10.5. The molecule has 2 aromatic rings. The fraction of sp³-hybridized carbons (Fsp3) is 0.700. The number of fused-ring (bicyclic) bond motifs is 1. The highest BCUT2D eigenvalue weighted by Gasteiger charge is 2.40. The van der Waals surface area contributed by atoms with Crippen molar-refractivity contribution in [3.8, 4) is 0 Å². The first-order valence-electron chi connectivity index (χ1n) is 10.6. The van der Waals surface area contributed by atoms with Crippen molar-refractivity contribution in [2.75, 3.05) is 13.1 Å². The first-order chi connectivity index (χ1) is 14.2. The number of sulfonamides is 1. The zero-order valence-electron chi connectivity index (χ0n) is 16.9. The number of pyridine rings is 1. The molecule has 1 atom stereocenters. The zero-order chi connectivity index (χ0) is 21.5. The van der Waals surface area contributed by atoms with E-state index in [4.69, 9.17) is 4.52 Å². The summed E-state index contributed by atoms with van der Waals surface area (Å²) in [5.41, 5.74) is -0.504. The van der Waals surface area contributed by atoms with E-state index >= 15 is 0 Å². The molecule has 166 valence electrons. The first-order valence-corrected chi connectivity index (χ1v) is 12.1. The van der Waals surface area contributed by atoms with E-state index in [-0.39, 0.29) is 29.0 Å². The van der Waals surface area contributed by atoms with Crippen molar-refractivity contribution in [2.45, 2.75) is 75.6 Å². The number of aromatic nitrogens is 2. The second-order valence-electron chi connectivity index (χ2n) is 8.26. The quantitative estimate of drug-likeness (QED) is 0.685. The Labute approximate surface area is 173 Å². The molecule has 2 aliphatic rings. The molecule has 2 fully saturated rings. The maximum Gasteiger partial charge on any atom is 0.417 e. The van der Waals surface area contributed by atoms with Crippen molar-refractivity contribution in [3.63, 3.8) is 0 Å². The van der Waals surface area contributed by atoms with Crippen LogP contribution in [0.15, 0.2) is 10.6 Å². The molecule has 30 heavy (non-hydrogen) atoms. The van der Waals surface area contributed by atoms with Crippen LogP contribution in [0.5, 0.6) is 0 Å². The van der Waals surface area contributed by atoms with E-state index in [1.165, 1.54) is 4.31 Å². The summed E-state index contributed by atoms with van der Waals surface area (Å²) in [7, 11) is -3.47. The van der Waals surface area contributed by atoms with E-state index in [1.54, 1.807) is 6.92 Å². The van der Waals surface area contributed by atoms with Gasteiger partial charge in [0.15, 0.2) is 0 Å². The SMILES string of the molecule is CCc1cc(C(F)(F)F)c2c(C3CCCN(S(=O)(=O)C4CCCCC4)C3)noc2n1. The first kappa shape index (κ1) is 21.5. The van der Waals surface area contributed by atoms with Gasteiger partial charge in [-0.25, -0.2) is 17.7 Å². The topological polar surface area (TPSA) is 76.3 Å². The molecule has 4 rings (SSSR count). The van der Waals surface area contributed by atoms with Gasteiger partial charge in [-0.1, -0.05) is 31.3 Å². The van der Waals surface area contributed by atoms with Crippen molar-refractivity contribution in [2.24, 2.45) is 0 Å². The Bertz CT molecular complexity index is 1010. The van der Waals surface area contributed by atoms with Gasteiger partial charge in [0.05, 0.1) is 21.9 Å². The van der Waals surface area contributed by atoms with Gasteiger partial charge in [0.25, 0.3) is 5.71 Å². The lowest BCUT2D eigenvalue weighted by Crippen LogP contribution is -2.44. The van der Waals surface area contributed by atoms with Gasteiger partial charge >= 0.3 is 6.18 Å². The van der Waals surface area contributed by atoms with Crippen LogP contribution in [0.25, 0.3) is 11.1 Å². The number of piperidine rings is 1. The normalized spacial score (nSPS) is 22.6. The third-order valence-electron chi connectivity index (χ3n) is 6.30. The summed E-state index contributed by atoms with van der Waals surface area (Å²) >= 11 is 0. The molecule has 6 nitrogen and oxygen atoms in total. The Kier molecular flexibility index (Phi) is 5.82. The number of aryl methyl sites for hydroxylation is 1. The second kappa shape index (κ2) is 8.11. The highest BCUT2D eigenvalue weighted by molar-refractivity contribution is 7.89. The van der Waals surface area contributed by atoms with Crippen LogP contribution in [-0.4, -0.2) is 41.2 Å². The average molecular weight is 446 g/mol. The lowest BCUT2D eigenvalue weighted by molar-refractivity contribution is -0.136. The van der Waals surface area contributed by atoms with Crippen molar-refractivity contribution in [1.82, 2.24) is 14.4 Å². The van der Waals surface area contributed by atoms with E-state index in [2.05, 4.69) is 10.1 Å². The molecular formula is C20H26F3N3O3S. The molecule has 0 N–H and O–H groups in total.